The number of aryl methyl sites for hydroxylation is 2. The van der Waals surface area contributed by atoms with Crippen LogP contribution in [0.3, 0.4) is 0 Å². The van der Waals surface area contributed by atoms with Gasteiger partial charge in [-0.1, -0.05) is 65.3 Å². The van der Waals surface area contributed by atoms with Crippen molar-refractivity contribution in [1.82, 2.24) is 0 Å². The minimum Gasteiger partial charge on any atom is -1.00 e. The van der Waals surface area contributed by atoms with E-state index in [1.54, 1.807) is 10.4 Å². The maximum Gasteiger partial charge on any atom is -1.00 e. The Morgan fingerprint density at radius 1 is 0.594 bits per heavy atom. The van der Waals surface area contributed by atoms with E-state index in [4.69, 9.17) is 0 Å². The molecule has 0 aliphatic carbocycles. The van der Waals surface area contributed by atoms with E-state index in [2.05, 4.69) is 118 Å². The van der Waals surface area contributed by atoms with E-state index in [-0.39, 0.29) is 24.8 Å². The van der Waals surface area contributed by atoms with Crippen molar-refractivity contribution in [3.8, 4) is 0 Å². The van der Waals surface area contributed by atoms with Crippen molar-refractivity contribution in [2.45, 2.75) is 53.1 Å². The van der Waals surface area contributed by atoms with E-state index >= 15 is 0 Å². The summed E-state index contributed by atoms with van der Waals surface area (Å²) in [6.07, 6.45) is 0. The Hall–Kier alpha value is -0.573. The number of hydrogen-bond donors (Lipinski definition) is 0. The average molecular weight is 579 g/mol. The first kappa shape index (κ1) is 31.4. The maximum absolute atomic E-state index is 3.34. The van der Waals surface area contributed by atoms with Gasteiger partial charge in [0.25, 0.3) is 0 Å². The molecule has 0 radical (unpaired) electrons. The zero-order valence-corrected chi connectivity index (χ0v) is 26.7. The van der Waals surface area contributed by atoms with Crippen LogP contribution in [-0.4, -0.2) is 20.4 Å². The van der Waals surface area contributed by atoms with Crippen LogP contribution in [0.2, 0.25) is 39.3 Å². The Morgan fingerprint density at radius 2 is 0.875 bits per heavy atom. The van der Waals surface area contributed by atoms with E-state index in [1.165, 1.54) is 56.9 Å². The first-order valence-electron chi connectivity index (χ1n) is 10.7. The smallest absolute Gasteiger partial charge is 1.00 e. The van der Waals surface area contributed by atoms with Crippen LogP contribution in [-0.2, 0) is 24.2 Å². The van der Waals surface area contributed by atoms with Crippen LogP contribution in [0.5, 0.6) is 0 Å². The molecule has 0 saturated heterocycles. The van der Waals surface area contributed by atoms with Gasteiger partial charge in [0.15, 0.2) is 0 Å². The third-order valence-corrected chi connectivity index (χ3v) is 9.82. The molecule has 4 aromatic carbocycles. The molecule has 0 spiro atoms. The van der Waals surface area contributed by atoms with Crippen LogP contribution in [0.4, 0.5) is 0 Å². The topological polar surface area (TPSA) is 0 Å². The molecule has 0 fully saturated rings. The summed E-state index contributed by atoms with van der Waals surface area (Å²) < 4.78 is 3.34. The van der Waals surface area contributed by atoms with Gasteiger partial charge in [-0.05, 0) is 0 Å². The van der Waals surface area contributed by atoms with Crippen molar-refractivity contribution in [3.05, 3.63) is 71.8 Å². The second kappa shape index (κ2) is 12.8. The predicted octanol–water partition coefficient (Wildman–Crippen LogP) is 0.798. The van der Waals surface area contributed by atoms with E-state index < -0.39 is 16.1 Å². The molecule has 0 bridgehead atoms. The molecule has 0 unspecified atom stereocenters. The monoisotopic (exact) mass is 576 g/mol. The molecule has 0 amide bonds. The average Bonchev–Trinajstić information content (AvgIpc) is 3.18. The molecule has 0 saturated carbocycles. The van der Waals surface area contributed by atoms with Crippen molar-refractivity contribution < 1.29 is 49.0 Å². The molecule has 4 aromatic rings. The van der Waals surface area contributed by atoms with Crippen LogP contribution >= 0.6 is 0 Å². The van der Waals surface area contributed by atoms with Crippen molar-refractivity contribution in [2.24, 2.45) is 0 Å². The first-order valence-corrected chi connectivity index (χ1v) is 19.4. The Balaban J connectivity index is 0.000000527. The summed E-state index contributed by atoms with van der Waals surface area (Å²) in [5, 5.41) is 9.03. The van der Waals surface area contributed by atoms with Gasteiger partial charge in [-0.3, -0.25) is 0 Å². The number of halogens is 2. The predicted molar refractivity (Wildman–Crippen MR) is 142 cm³/mol. The maximum atomic E-state index is 3.34. The third kappa shape index (κ3) is 7.21. The van der Waals surface area contributed by atoms with E-state index in [0.717, 1.165) is 0 Å². The van der Waals surface area contributed by atoms with Crippen LogP contribution in [0.25, 0.3) is 21.5 Å². The van der Waals surface area contributed by atoms with E-state index in [1.807, 2.05) is 0 Å². The molecule has 0 nitrogen and oxygen atoms in total. The van der Waals surface area contributed by atoms with Crippen LogP contribution in [0, 0.1) is 13.8 Å². The molecule has 32 heavy (non-hydrogen) atoms. The second-order valence-electron chi connectivity index (χ2n) is 10.1. The number of hydrogen-bond acceptors (Lipinski definition) is 0. The van der Waals surface area contributed by atoms with E-state index in [9.17, 15) is 0 Å². The molecular weight excluding hydrogens is 543 g/mol. The molecule has 0 N–H and O–H groups in total. The van der Waals surface area contributed by atoms with Crippen molar-refractivity contribution in [2.75, 3.05) is 0 Å². The fourth-order valence-electron chi connectivity index (χ4n) is 4.73. The molecule has 0 aliphatic heterocycles. The second-order valence-corrected chi connectivity index (χ2v) is 20.1. The van der Waals surface area contributed by atoms with Gasteiger partial charge in [0.2, 0.25) is 0 Å². The van der Waals surface area contributed by atoms with Gasteiger partial charge in [0, 0.05) is 16.1 Å². The zero-order valence-electron chi connectivity index (χ0n) is 20.7. The van der Waals surface area contributed by atoms with Crippen molar-refractivity contribution in [3.63, 3.8) is 0 Å². The minimum atomic E-state index is -1.19. The minimum absolute atomic E-state index is 0. The summed E-state index contributed by atoms with van der Waals surface area (Å²) in [7, 11) is -2.38. The van der Waals surface area contributed by atoms with Crippen molar-refractivity contribution >= 4 is 52.3 Å². The standard InChI is InChI=1S/2C13H17Si.CH2.2ClH.Zr/c2*1-10-9-11-7-5-6-8-12(11)13(10)14(2,3)4;;;;/h2*5-9H,1-4H3;1H2;2*1H;/q2*-1;;;;+2/p-2. The summed E-state index contributed by atoms with van der Waals surface area (Å²) in [5.74, 6) is 0. The number of benzene rings is 2. The SMILES string of the molecule is Cc1[cH-]c2ccccc2c1[Si](C)(C)C.Cc1[cH-]c2ccccc2c1[Si](C)(C)C.[CH2]=[Zr+2].[Cl-].[Cl-]. The first-order chi connectivity index (χ1) is 14.0. The van der Waals surface area contributed by atoms with Crippen LogP contribution < -0.4 is 35.2 Å². The molecule has 0 aromatic heterocycles. The Bertz CT molecular complexity index is 1040. The quantitative estimate of drug-likeness (QED) is 0.244. The van der Waals surface area contributed by atoms with Crippen molar-refractivity contribution in [1.29, 1.82) is 0 Å². The number of rotatable bonds is 2. The molecular formula is C27H36Cl2Si2Zr-2. The molecule has 4 rings (SSSR count). The molecule has 0 atom stereocenters. The largest absolute Gasteiger partial charge is 1.00 e. The Kier molecular flexibility index (Phi) is 12.5. The van der Waals surface area contributed by atoms with Gasteiger partial charge in [-0.2, -0.15) is 10.4 Å². The Morgan fingerprint density at radius 3 is 1.16 bits per heavy atom. The summed E-state index contributed by atoms with van der Waals surface area (Å²) >= 11 is 1.30. The molecule has 0 heterocycles. The van der Waals surface area contributed by atoms with Gasteiger partial charge in [0.1, 0.15) is 0 Å². The molecule has 0 aliphatic rings. The van der Waals surface area contributed by atoms with Gasteiger partial charge < -0.3 is 24.8 Å². The Labute approximate surface area is 224 Å². The third-order valence-electron chi connectivity index (χ3n) is 5.49. The van der Waals surface area contributed by atoms with Gasteiger partial charge in [-0.25, -0.2) is 0 Å². The zero-order chi connectivity index (χ0) is 22.7. The normalized spacial score (nSPS) is 10.9. The van der Waals surface area contributed by atoms with Crippen LogP contribution in [0.1, 0.15) is 11.1 Å². The summed E-state index contributed by atoms with van der Waals surface area (Å²) in [6, 6.07) is 22.1. The molecule has 172 valence electrons. The van der Waals surface area contributed by atoms with E-state index in [0.29, 0.717) is 0 Å². The van der Waals surface area contributed by atoms with Gasteiger partial charge in [0.05, 0.1) is 0 Å². The number of fused-ring (bicyclic) bond motifs is 2. The van der Waals surface area contributed by atoms with Crippen LogP contribution in [0.15, 0.2) is 60.7 Å². The van der Waals surface area contributed by atoms with Gasteiger partial charge >= 0.3 is 28.4 Å². The summed E-state index contributed by atoms with van der Waals surface area (Å²) in [6.45, 7) is 19.0. The fraction of sp³-hybridized carbons (Fsp3) is 0.296. The molecule has 5 heteroatoms. The fourth-order valence-corrected chi connectivity index (χ4v) is 9.31. The summed E-state index contributed by atoms with van der Waals surface area (Å²) in [5.41, 5.74) is 2.95. The van der Waals surface area contributed by atoms with Gasteiger partial charge in [-0.15, -0.1) is 81.2 Å². The summed E-state index contributed by atoms with van der Waals surface area (Å²) in [4.78, 5) is 0.